The zero-order valence-corrected chi connectivity index (χ0v) is 16.5. The summed E-state index contributed by atoms with van der Waals surface area (Å²) in [5.41, 5.74) is -2.12. The van der Waals surface area contributed by atoms with Crippen molar-refractivity contribution in [1.29, 1.82) is 0 Å². The fourth-order valence-corrected chi connectivity index (χ4v) is 3.74. The molecule has 0 radical (unpaired) electrons. The van der Waals surface area contributed by atoms with E-state index in [1.165, 1.54) is 19.1 Å². The Kier molecular flexibility index (Phi) is 4.26. The zero-order valence-electron chi connectivity index (χ0n) is 16.5. The summed E-state index contributed by atoms with van der Waals surface area (Å²) in [5.74, 6) is -0.0671. The first-order chi connectivity index (χ1) is 15.3. The molecule has 0 amide bonds. The molecular formula is C22H14F3N5O2. The lowest BCUT2D eigenvalue weighted by Crippen LogP contribution is -2.22. The maximum absolute atomic E-state index is 13.8. The van der Waals surface area contributed by atoms with E-state index in [9.17, 15) is 22.8 Å². The van der Waals surface area contributed by atoms with Crippen LogP contribution in [0.15, 0.2) is 64.2 Å². The number of alkyl halides is 3. The number of aromatic amines is 2. The van der Waals surface area contributed by atoms with E-state index in [0.717, 1.165) is 4.52 Å². The van der Waals surface area contributed by atoms with Gasteiger partial charge in [0.15, 0.2) is 5.65 Å². The molecule has 0 saturated carbocycles. The molecule has 3 heterocycles. The van der Waals surface area contributed by atoms with Crippen LogP contribution in [-0.4, -0.2) is 24.6 Å². The monoisotopic (exact) mass is 437 g/mol. The molecule has 2 aromatic carbocycles. The topological polar surface area (TPSA) is 95.9 Å². The average molecular weight is 437 g/mol. The lowest BCUT2D eigenvalue weighted by molar-refractivity contribution is -0.140. The van der Waals surface area contributed by atoms with Crippen LogP contribution >= 0.6 is 0 Å². The van der Waals surface area contributed by atoms with Gasteiger partial charge < -0.3 is 4.98 Å². The van der Waals surface area contributed by atoms with Gasteiger partial charge in [-0.15, -0.1) is 0 Å². The van der Waals surface area contributed by atoms with E-state index in [1.807, 2.05) is 0 Å². The summed E-state index contributed by atoms with van der Waals surface area (Å²) >= 11 is 0. The van der Waals surface area contributed by atoms with Crippen molar-refractivity contribution in [3.8, 4) is 22.5 Å². The number of halogens is 3. The number of H-pyrrole nitrogens is 2. The molecule has 7 nitrogen and oxygen atoms in total. The van der Waals surface area contributed by atoms with Crippen LogP contribution in [0.3, 0.4) is 0 Å². The van der Waals surface area contributed by atoms with Crippen molar-refractivity contribution >= 4 is 16.6 Å². The SMILES string of the molecule is Cc1nc2c(-c3ccccc3)c(C(F)(F)F)[nH]n2c(=O)c1-c1nc2ccccc2c(=O)[nH]1. The second-order valence-corrected chi connectivity index (χ2v) is 7.19. The van der Waals surface area contributed by atoms with Gasteiger partial charge >= 0.3 is 6.18 Å². The second-order valence-electron chi connectivity index (χ2n) is 7.19. The third kappa shape index (κ3) is 2.99. The Morgan fingerprint density at radius 3 is 2.31 bits per heavy atom. The van der Waals surface area contributed by atoms with Crippen LogP contribution in [0.25, 0.3) is 39.1 Å². The van der Waals surface area contributed by atoms with Gasteiger partial charge in [0, 0.05) is 0 Å². The predicted molar refractivity (Wildman–Crippen MR) is 112 cm³/mol. The lowest BCUT2D eigenvalue weighted by Gasteiger charge is -2.08. The Bertz CT molecular complexity index is 1620. The second kappa shape index (κ2) is 6.91. The van der Waals surface area contributed by atoms with Crippen molar-refractivity contribution in [2.45, 2.75) is 13.1 Å². The van der Waals surface area contributed by atoms with Crippen LogP contribution in [0.5, 0.6) is 0 Å². The fraction of sp³-hybridized carbons (Fsp3) is 0.0909. The summed E-state index contributed by atoms with van der Waals surface area (Å²) in [7, 11) is 0. The summed E-state index contributed by atoms with van der Waals surface area (Å²) < 4.78 is 42.2. The number of hydrogen-bond acceptors (Lipinski definition) is 4. The maximum atomic E-state index is 13.8. The van der Waals surface area contributed by atoms with Crippen molar-refractivity contribution in [3.63, 3.8) is 0 Å². The third-order valence-electron chi connectivity index (χ3n) is 5.16. The van der Waals surface area contributed by atoms with Gasteiger partial charge in [-0.05, 0) is 24.6 Å². The van der Waals surface area contributed by atoms with Gasteiger partial charge in [-0.1, -0.05) is 42.5 Å². The van der Waals surface area contributed by atoms with Gasteiger partial charge in [0.1, 0.15) is 17.1 Å². The Labute approximate surface area is 177 Å². The highest BCUT2D eigenvalue weighted by Gasteiger charge is 2.38. The Balaban J connectivity index is 1.86. The summed E-state index contributed by atoms with van der Waals surface area (Å²) in [6, 6.07) is 14.4. The molecule has 5 rings (SSSR count). The highest BCUT2D eigenvalue weighted by atomic mass is 19.4. The van der Waals surface area contributed by atoms with Crippen molar-refractivity contribution in [1.82, 2.24) is 24.6 Å². The number of para-hydroxylation sites is 1. The van der Waals surface area contributed by atoms with E-state index in [1.54, 1.807) is 42.5 Å². The summed E-state index contributed by atoms with van der Waals surface area (Å²) in [6.45, 7) is 1.49. The number of benzene rings is 2. The Morgan fingerprint density at radius 1 is 0.906 bits per heavy atom. The molecule has 32 heavy (non-hydrogen) atoms. The molecule has 160 valence electrons. The number of aryl methyl sites for hydroxylation is 1. The summed E-state index contributed by atoms with van der Waals surface area (Å²) in [5, 5.41) is 2.48. The molecule has 2 N–H and O–H groups in total. The van der Waals surface area contributed by atoms with Gasteiger partial charge in [0.25, 0.3) is 11.1 Å². The molecule has 0 aliphatic rings. The number of hydrogen-bond donors (Lipinski definition) is 2. The van der Waals surface area contributed by atoms with Crippen molar-refractivity contribution in [2.75, 3.05) is 0 Å². The molecule has 5 aromatic rings. The Hall–Kier alpha value is -4.21. The van der Waals surface area contributed by atoms with Crippen molar-refractivity contribution in [3.05, 3.63) is 86.7 Å². The number of nitrogens with zero attached hydrogens (tertiary/aromatic N) is 3. The third-order valence-corrected chi connectivity index (χ3v) is 5.16. The van der Waals surface area contributed by atoms with E-state index < -0.39 is 23.0 Å². The number of nitrogens with one attached hydrogen (secondary N) is 2. The molecule has 0 saturated heterocycles. The van der Waals surface area contributed by atoms with Crippen molar-refractivity contribution in [2.24, 2.45) is 0 Å². The standard InChI is InChI=1S/C22H14F3N5O2/c1-11-15(18-27-14-10-6-5-9-13(14)20(31)28-18)21(32)30-19(26-11)16(12-7-3-2-4-8-12)17(29-30)22(23,24)25/h2-10,29H,1H3,(H,27,28,31). The van der Waals surface area contributed by atoms with E-state index in [2.05, 4.69) is 20.1 Å². The molecule has 0 atom stereocenters. The number of rotatable bonds is 2. The molecule has 0 spiro atoms. The molecule has 0 fully saturated rings. The van der Waals surface area contributed by atoms with Crippen LogP contribution in [0.2, 0.25) is 0 Å². The first-order valence-electron chi connectivity index (χ1n) is 9.53. The van der Waals surface area contributed by atoms with E-state index in [0.29, 0.717) is 10.9 Å². The maximum Gasteiger partial charge on any atom is 0.433 e. The van der Waals surface area contributed by atoms with Gasteiger partial charge in [0.05, 0.1) is 22.2 Å². The molecule has 0 unspecified atom stereocenters. The lowest BCUT2D eigenvalue weighted by atomic mass is 10.1. The minimum Gasteiger partial charge on any atom is -0.306 e. The van der Waals surface area contributed by atoms with Gasteiger partial charge in [-0.3, -0.25) is 14.7 Å². The van der Waals surface area contributed by atoms with Gasteiger partial charge in [0.2, 0.25) is 0 Å². The number of aromatic nitrogens is 5. The zero-order chi connectivity index (χ0) is 22.6. The number of fused-ring (bicyclic) bond motifs is 2. The average Bonchev–Trinajstić information content (AvgIpc) is 3.15. The Morgan fingerprint density at radius 2 is 1.59 bits per heavy atom. The molecule has 0 bridgehead atoms. The molecule has 0 aliphatic heterocycles. The normalized spacial score (nSPS) is 12.0. The predicted octanol–water partition coefficient (Wildman–Crippen LogP) is 3.92. The van der Waals surface area contributed by atoms with Crippen LogP contribution in [0.1, 0.15) is 11.4 Å². The van der Waals surface area contributed by atoms with E-state index in [4.69, 9.17) is 0 Å². The van der Waals surface area contributed by atoms with Gasteiger partial charge in [-0.25, -0.2) is 9.97 Å². The van der Waals surface area contributed by atoms with Crippen LogP contribution in [0, 0.1) is 6.92 Å². The van der Waals surface area contributed by atoms with Crippen molar-refractivity contribution < 1.29 is 13.2 Å². The minimum atomic E-state index is -4.76. The van der Waals surface area contributed by atoms with Crippen LogP contribution < -0.4 is 11.1 Å². The van der Waals surface area contributed by atoms with Crippen LogP contribution in [0.4, 0.5) is 13.2 Å². The fourth-order valence-electron chi connectivity index (χ4n) is 3.74. The van der Waals surface area contributed by atoms with Gasteiger partial charge in [-0.2, -0.15) is 17.7 Å². The van der Waals surface area contributed by atoms with E-state index in [-0.39, 0.29) is 33.9 Å². The van der Waals surface area contributed by atoms with E-state index >= 15 is 0 Å². The molecule has 3 aromatic heterocycles. The minimum absolute atomic E-state index is 0.0671. The summed E-state index contributed by atoms with van der Waals surface area (Å²) in [6.07, 6.45) is -4.76. The molecular weight excluding hydrogens is 423 g/mol. The summed E-state index contributed by atoms with van der Waals surface area (Å²) in [4.78, 5) is 36.9. The first kappa shape index (κ1) is 19.7. The highest BCUT2D eigenvalue weighted by molar-refractivity contribution is 5.82. The largest absolute Gasteiger partial charge is 0.433 e. The first-order valence-corrected chi connectivity index (χ1v) is 9.53. The highest BCUT2D eigenvalue weighted by Crippen LogP contribution is 2.38. The smallest absolute Gasteiger partial charge is 0.306 e. The quantitative estimate of drug-likeness (QED) is 0.438. The van der Waals surface area contributed by atoms with Crippen LogP contribution in [-0.2, 0) is 6.18 Å². The molecule has 10 heteroatoms. The molecule has 0 aliphatic carbocycles.